The lowest BCUT2D eigenvalue weighted by atomic mass is 10.1. The summed E-state index contributed by atoms with van der Waals surface area (Å²) in [5.41, 5.74) is 1.06. The molecule has 0 radical (unpaired) electrons. The maximum absolute atomic E-state index is 5.91. The van der Waals surface area contributed by atoms with Gasteiger partial charge in [-0.3, -0.25) is 0 Å². The Morgan fingerprint density at radius 1 is 1.41 bits per heavy atom. The summed E-state index contributed by atoms with van der Waals surface area (Å²) < 4.78 is 5.07. The lowest BCUT2D eigenvalue weighted by molar-refractivity contribution is 0.421. The summed E-state index contributed by atoms with van der Waals surface area (Å²) in [7, 11) is 0. The third kappa shape index (κ3) is 3.46. The number of halogens is 1. The molecule has 0 spiro atoms. The summed E-state index contributed by atoms with van der Waals surface area (Å²) in [6, 6.07) is 8.36. The molecule has 90 valence electrons. The quantitative estimate of drug-likeness (QED) is 0.907. The first-order valence-electron chi connectivity index (χ1n) is 5.47. The Hall–Kier alpha value is -1.55. The standard InChI is InChI=1S/C12H14ClN3O/c1-8(2)14-12-15-11(16-17-12)7-9-4-3-5-10(13)6-9/h3-6,8H,7H2,1-2H3,(H,14,15,16). The number of nitrogens with zero attached hydrogens (tertiary/aromatic N) is 2. The van der Waals surface area contributed by atoms with Crippen molar-refractivity contribution in [1.29, 1.82) is 0 Å². The number of hydrogen-bond acceptors (Lipinski definition) is 4. The second-order valence-corrected chi connectivity index (χ2v) is 4.56. The molecule has 0 bridgehead atoms. The summed E-state index contributed by atoms with van der Waals surface area (Å²) in [5, 5.41) is 7.67. The number of nitrogens with one attached hydrogen (secondary N) is 1. The predicted octanol–water partition coefficient (Wildman–Crippen LogP) is 3.13. The second kappa shape index (κ2) is 5.19. The van der Waals surface area contributed by atoms with Crippen molar-refractivity contribution in [3.8, 4) is 0 Å². The molecule has 1 heterocycles. The van der Waals surface area contributed by atoms with Gasteiger partial charge in [-0.1, -0.05) is 28.9 Å². The third-order valence-electron chi connectivity index (χ3n) is 2.13. The zero-order valence-electron chi connectivity index (χ0n) is 9.77. The summed E-state index contributed by atoms with van der Waals surface area (Å²) in [6.07, 6.45) is 0.615. The van der Waals surface area contributed by atoms with Crippen molar-refractivity contribution in [2.24, 2.45) is 0 Å². The van der Waals surface area contributed by atoms with E-state index in [1.165, 1.54) is 0 Å². The Labute approximate surface area is 105 Å². The molecule has 2 rings (SSSR count). The van der Waals surface area contributed by atoms with Gasteiger partial charge in [0.2, 0.25) is 0 Å². The molecule has 0 fully saturated rings. The monoisotopic (exact) mass is 251 g/mol. The van der Waals surface area contributed by atoms with E-state index in [0.717, 1.165) is 5.56 Å². The maximum Gasteiger partial charge on any atom is 0.321 e. The number of hydrogen-bond donors (Lipinski definition) is 1. The van der Waals surface area contributed by atoms with Crippen molar-refractivity contribution in [3.63, 3.8) is 0 Å². The van der Waals surface area contributed by atoms with Gasteiger partial charge >= 0.3 is 6.01 Å². The molecule has 0 saturated carbocycles. The van der Waals surface area contributed by atoms with E-state index in [9.17, 15) is 0 Å². The van der Waals surface area contributed by atoms with Gasteiger partial charge in [-0.15, -0.1) is 0 Å². The topological polar surface area (TPSA) is 51.0 Å². The van der Waals surface area contributed by atoms with Crippen LogP contribution in [-0.4, -0.2) is 16.2 Å². The van der Waals surface area contributed by atoms with Crippen LogP contribution in [0.5, 0.6) is 0 Å². The van der Waals surface area contributed by atoms with Crippen LogP contribution in [0.25, 0.3) is 0 Å². The first-order valence-corrected chi connectivity index (χ1v) is 5.85. The molecule has 0 atom stereocenters. The van der Waals surface area contributed by atoms with E-state index >= 15 is 0 Å². The molecule has 0 aliphatic heterocycles. The number of aromatic nitrogens is 2. The minimum Gasteiger partial charge on any atom is -0.336 e. The largest absolute Gasteiger partial charge is 0.336 e. The fourth-order valence-corrected chi connectivity index (χ4v) is 1.67. The molecule has 1 aromatic carbocycles. The highest BCUT2D eigenvalue weighted by Crippen LogP contribution is 2.14. The Balaban J connectivity index is 2.06. The van der Waals surface area contributed by atoms with Crippen LogP contribution in [0.1, 0.15) is 25.2 Å². The minimum absolute atomic E-state index is 0.273. The van der Waals surface area contributed by atoms with E-state index in [0.29, 0.717) is 23.3 Å². The number of anilines is 1. The second-order valence-electron chi connectivity index (χ2n) is 4.12. The fourth-order valence-electron chi connectivity index (χ4n) is 1.46. The van der Waals surface area contributed by atoms with Gasteiger partial charge in [-0.05, 0) is 31.5 Å². The van der Waals surface area contributed by atoms with Crippen LogP contribution in [0.15, 0.2) is 28.8 Å². The Morgan fingerprint density at radius 3 is 2.94 bits per heavy atom. The van der Waals surface area contributed by atoms with Crippen LogP contribution in [0.2, 0.25) is 5.02 Å². The molecule has 2 aromatic rings. The zero-order chi connectivity index (χ0) is 12.3. The molecule has 0 amide bonds. The molecule has 0 aliphatic rings. The molecular formula is C12H14ClN3O. The van der Waals surface area contributed by atoms with Crippen molar-refractivity contribution in [1.82, 2.24) is 10.1 Å². The van der Waals surface area contributed by atoms with Crippen molar-refractivity contribution in [2.75, 3.05) is 5.32 Å². The highest BCUT2D eigenvalue weighted by molar-refractivity contribution is 6.30. The van der Waals surface area contributed by atoms with Gasteiger partial charge in [0.15, 0.2) is 5.82 Å². The minimum atomic E-state index is 0.273. The summed E-state index contributed by atoms with van der Waals surface area (Å²) in [6.45, 7) is 4.03. The van der Waals surface area contributed by atoms with Gasteiger partial charge in [-0.2, -0.15) is 4.98 Å². The van der Waals surface area contributed by atoms with E-state index in [-0.39, 0.29) is 6.04 Å². The van der Waals surface area contributed by atoms with E-state index in [1.54, 1.807) is 0 Å². The Morgan fingerprint density at radius 2 is 2.24 bits per heavy atom. The normalized spacial score (nSPS) is 10.8. The maximum atomic E-state index is 5.91. The van der Waals surface area contributed by atoms with Crippen LogP contribution in [0.3, 0.4) is 0 Å². The molecule has 0 saturated heterocycles. The molecule has 1 N–H and O–H groups in total. The summed E-state index contributed by atoms with van der Waals surface area (Å²) in [4.78, 5) is 4.24. The van der Waals surface area contributed by atoms with E-state index in [4.69, 9.17) is 16.1 Å². The average Bonchev–Trinajstić information content (AvgIpc) is 2.64. The molecule has 0 unspecified atom stereocenters. The van der Waals surface area contributed by atoms with Crippen LogP contribution in [0, 0.1) is 0 Å². The number of benzene rings is 1. The summed E-state index contributed by atoms with van der Waals surface area (Å²) >= 11 is 5.91. The van der Waals surface area contributed by atoms with Crippen LogP contribution < -0.4 is 5.32 Å². The van der Waals surface area contributed by atoms with Gasteiger partial charge in [0.05, 0.1) is 0 Å². The van der Waals surface area contributed by atoms with Crippen LogP contribution in [-0.2, 0) is 6.42 Å². The molecule has 1 aromatic heterocycles. The molecule has 17 heavy (non-hydrogen) atoms. The lowest BCUT2D eigenvalue weighted by Crippen LogP contribution is -2.09. The van der Waals surface area contributed by atoms with Crippen molar-refractivity contribution in [3.05, 3.63) is 40.7 Å². The molecule has 0 aliphatic carbocycles. The Bertz CT molecular complexity index is 496. The van der Waals surface area contributed by atoms with Crippen LogP contribution in [0.4, 0.5) is 6.01 Å². The highest BCUT2D eigenvalue weighted by Gasteiger charge is 2.07. The van der Waals surface area contributed by atoms with Gasteiger partial charge in [0.1, 0.15) is 0 Å². The summed E-state index contributed by atoms with van der Waals surface area (Å²) in [5.74, 6) is 0.649. The van der Waals surface area contributed by atoms with Crippen molar-refractivity contribution in [2.45, 2.75) is 26.3 Å². The molecule has 5 heteroatoms. The van der Waals surface area contributed by atoms with E-state index in [2.05, 4.69) is 15.5 Å². The lowest BCUT2D eigenvalue weighted by Gasteiger charge is -2.01. The fraction of sp³-hybridized carbons (Fsp3) is 0.333. The van der Waals surface area contributed by atoms with Gasteiger partial charge in [0.25, 0.3) is 0 Å². The van der Waals surface area contributed by atoms with Gasteiger partial charge in [0, 0.05) is 17.5 Å². The number of rotatable bonds is 4. The molecule has 4 nitrogen and oxygen atoms in total. The van der Waals surface area contributed by atoms with Gasteiger partial charge in [-0.25, -0.2) is 0 Å². The SMILES string of the molecule is CC(C)Nc1nc(Cc2cccc(Cl)c2)no1. The highest BCUT2D eigenvalue weighted by atomic mass is 35.5. The first-order chi connectivity index (χ1) is 8.13. The third-order valence-corrected chi connectivity index (χ3v) is 2.37. The van der Waals surface area contributed by atoms with Crippen molar-refractivity contribution < 1.29 is 4.52 Å². The first kappa shape index (κ1) is 11.9. The van der Waals surface area contributed by atoms with Crippen molar-refractivity contribution >= 4 is 17.6 Å². The Kier molecular flexibility index (Phi) is 3.64. The van der Waals surface area contributed by atoms with E-state index < -0.39 is 0 Å². The van der Waals surface area contributed by atoms with Crippen LogP contribution >= 0.6 is 11.6 Å². The van der Waals surface area contributed by atoms with Gasteiger partial charge < -0.3 is 9.84 Å². The zero-order valence-corrected chi connectivity index (χ0v) is 10.5. The average molecular weight is 252 g/mol. The van der Waals surface area contributed by atoms with E-state index in [1.807, 2.05) is 38.1 Å². The predicted molar refractivity (Wildman–Crippen MR) is 67.3 cm³/mol. The molecular weight excluding hydrogens is 238 g/mol. The smallest absolute Gasteiger partial charge is 0.321 e.